The number of rotatable bonds is 5. The zero-order valence-electron chi connectivity index (χ0n) is 14.7. The first-order valence-electron chi connectivity index (χ1n) is 8.69. The summed E-state index contributed by atoms with van der Waals surface area (Å²) >= 11 is 0. The number of piperazine rings is 1. The van der Waals surface area contributed by atoms with E-state index in [-0.39, 0.29) is 5.78 Å². The second kappa shape index (κ2) is 7.73. The third-order valence-corrected chi connectivity index (χ3v) is 4.76. The first-order chi connectivity index (χ1) is 11.6. The van der Waals surface area contributed by atoms with E-state index in [1.165, 1.54) is 11.1 Å². The molecule has 0 aromatic heterocycles. The van der Waals surface area contributed by atoms with Gasteiger partial charge in [0.2, 0.25) is 0 Å². The van der Waals surface area contributed by atoms with Crippen molar-refractivity contribution in [3.05, 3.63) is 70.8 Å². The molecule has 3 heteroatoms. The molecule has 0 spiro atoms. The van der Waals surface area contributed by atoms with Crippen LogP contribution >= 0.6 is 0 Å². The molecule has 0 aliphatic carbocycles. The van der Waals surface area contributed by atoms with Gasteiger partial charge in [-0.15, -0.1) is 0 Å². The Balaban J connectivity index is 1.56. The highest BCUT2D eigenvalue weighted by Crippen LogP contribution is 2.12. The first-order valence-corrected chi connectivity index (χ1v) is 8.69. The molecule has 0 N–H and O–H groups in total. The summed E-state index contributed by atoms with van der Waals surface area (Å²) in [4.78, 5) is 17.2. The van der Waals surface area contributed by atoms with E-state index in [0.717, 1.165) is 43.9 Å². The molecule has 0 atom stereocenters. The summed E-state index contributed by atoms with van der Waals surface area (Å²) in [6, 6.07) is 16.3. The molecular formula is C21H26N2O. The zero-order valence-corrected chi connectivity index (χ0v) is 14.7. The van der Waals surface area contributed by atoms with Crippen LogP contribution in [0.4, 0.5) is 0 Å². The number of hydrogen-bond donors (Lipinski definition) is 0. The lowest BCUT2D eigenvalue weighted by Crippen LogP contribution is -2.43. The molecule has 24 heavy (non-hydrogen) atoms. The Morgan fingerprint density at radius 2 is 1.46 bits per heavy atom. The Morgan fingerprint density at radius 1 is 0.875 bits per heavy atom. The highest BCUT2D eigenvalue weighted by Gasteiger charge is 2.14. The van der Waals surface area contributed by atoms with Crippen LogP contribution in [0.3, 0.4) is 0 Å². The van der Waals surface area contributed by atoms with Crippen LogP contribution in [0.2, 0.25) is 0 Å². The number of benzene rings is 2. The second-order valence-electron chi connectivity index (χ2n) is 6.86. The van der Waals surface area contributed by atoms with Crippen molar-refractivity contribution < 1.29 is 4.79 Å². The smallest absolute Gasteiger partial charge is 0.167 e. The highest BCUT2D eigenvalue weighted by molar-refractivity contribution is 5.97. The topological polar surface area (TPSA) is 23.6 Å². The number of hydrogen-bond acceptors (Lipinski definition) is 3. The summed E-state index contributed by atoms with van der Waals surface area (Å²) in [5.74, 6) is 0.182. The minimum Gasteiger partial charge on any atom is -0.304 e. The molecule has 0 unspecified atom stereocenters. The third-order valence-electron chi connectivity index (χ3n) is 4.76. The predicted octanol–water partition coefficient (Wildman–Crippen LogP) is 3.17. The van der Waals surface area contributed by atoms with Crippen molar-refractivity contribution in [1.29, 1.82) is 0 Å². The van der Waals surface area contributed by atoms with Crippen LogP contribution in [0.1, 0.15) is 27.0 Å². The lowest BCUT2D eigenvalue weighted by atomic mass is 10.0. The predicted molar refractivity (Wildman–Crippen MR) is 98.4 cm³/mol. The van der Waals surface area contributed by atoms with Crippen molar-refractivity contribution >= 4 is 5.78 Å². The van der Waals surface area contributed by atoms with Gasteiger partial charge in [0.25, 0.3) is 0 Å². The van der Waals surface area contributed by atoms with E-state index in [1.807, 2.05) is 31.2 Å². The minimum absolute atomic E-state index is 0.182. The Kier molecular flexibility index (Phi) is 5.44. The molecule has 126 valence electrons. The van der Waals surface area contributed by atoms with Crippen molar-refractivity contribution in [3.63, 3.8) is 0 Å². The molecule has 1 aliphatic rings. The Morgan fingerprint density at radius 3 is 2.08 bits per heavy atom. The normalized spacial score (nSPS) is 16.2. The van der Waals surface area contributed by atoms with Gasteiger partial charge in [-0.25, -0.2) is 0 Å². The van der Waals surface area contributed by atoms with Crippen molar-refractivity contribution in [3.8, 4) is 0 Å². The molecule has 0 amide bonds. The van der Waals surface area contributed by atoms with Crippen molar-refractivity contribution in [2.45, 2.75) is 19.9 Å². The number of likely N-dealkylation sites (N-methyl/N-ethyl adjacent to an activating group) is 1. The molecule has 3 rings (SSSR count). The minimum atomic E-state index is 0.182. The van der Waals surface area contributed by atoms with E-state index < -0.39 is 0 Å². The van der Waals surface area contributed by atoms with Gasteiger partial charge < -0.3 is 4.90 Å². The summed E-state index contributed by atoms with van der Waals surface area (Å²) in [6.45, 7) is 7.58. The van der Waals surface area contributed by atoms with Crippen LogP contribution in [-0.2, 0) is 13.0 Å². The quantitative estimate of drug-likeness (QED) is 0.790. The number of nitrogens with zero attached hydrogens (tertiary/aromatic N) is 2. The maximum atomic E-state index is 12.3. The summed E-state index contributed by atoms with van der Waals surface area (Å²) in [7, 11) is 2.18. The van der Waals surface area contributed by atoms with Gasteiger partial charge in [0.15, 0.2) is 5.78 Å². The van der Waals surface area contributed by atoms with E-state index >= 15 is 0 Å². The molecular weight excluding hydrogens is 296 g/mol. The van der Waals surface area contributed by atoms with Gasteiger partial charge in [-0.05, 0) is 25.1 Å². The number of aryl methyl sites for hydroxylation is 1. The average molecular weight is 322 g/mol. The lowest BCUT2D eigenvalue weighted by Gasteiger charge is -2.32. The lowest BCUT2D eigenvalue weighted by molar-refractivity contribution is 0.0993. The zero-order chi connectivity index (χ0) is 16.9. The van der Waals surface area contributed by atoms with E-state index in [2.05, 4.69) is 41.1 Å². The molecule has 1 saturated heterocycles. The summed E-state index contributed by atoms with van der Waals surface area (Å²) in [5, 5.41) is 0. The number of carbonyl (C=O) groups is 1. The molecule has 0 radical (unpaired) electrons. The third kappa shape index (κ3) is 4.53. The van der Waals surface area contributed by atoms with E-state index in [4.69, 9.17) is 0 Å². The fraction of sp³-hybridized carbons (Fsp3) is 0.381. The Hall–Kier alpha value is -1.97. The molecule has 1 heterocycles. The largest absolute Gasteiger partial charge is 0.304 e. The maximum absolute atomic E-state index is 12.3. The summed E-state index contributed by atoms with van der Waals surface area (Å²) in [6.07, 6.45) is 0.470. The van der Waals surface area contributed by atoms with Gasteiger partial charge in [-0.2, -0.15) is 0 Å². The SMILES string of the molecule is Cc1ccc(C(=O)Cc2ccc(CN3CCN(C)CC3)cc2)cc1. The Labute approximate surface area is 144 Å². The standard InChI is InChI=1S/C21H26N2O/c1-17-3-9-20(10-4-17)21(24)15-18-5-7-19(8-6-18)16-23-13-11-22(2)12-14-23/h3-10H,11-16H2,1-2H3. The first kappa shape index (κ1) is 16.9. The van der Waals surface area contributed by atoms with Crippen LogP contribution in [0.5, 0.6) is 0 Å². The van der Waals surface area contributed by atoms with Crippen LogP contribution in [-0.4, -0.2) is 48.8 Å². The van der Waals surface area contributed by atoms with Gasteiger partial charge >= 0.3 is 0 Å². The molecule has 3 nitrogen and oxygen atoms in total. The van der Waals surface area contributed by atoms with E-state index in [1.54, 1.807) is 0 Å². The number of ketones is 1. The molecule has 0 saturated carbocycles. The van der Waals surface area contributed by atoms with Gasteiger partial charge in [-0.1, -0.05) is 54.1 Å². The van der Waals surface area contributed by atoms with Crippen molar-refractivity contribution in [2.75, 3.05) is 33.2 Å². The molecule has 2 aromatic rings. The summed E-state index contributed by atoms with van der Waals surface area (Å²) < 4.78 is 0. The monoisotopic (exact) mass is 322 g/mol. The van der Waals surface area contributed by atoms with E-state index in [0.29, 0.717) is 6.42 Å². The van der Waals surface area contributed by atoms with Gasteiger partial charge in [-0.3, -0.25) is 9.69 Å². The van der Waals surface area contributed by atoms with Crippen LogP contribution in [0, 0.1) is 6.92 Å². The van der Waals surface area contributed by atoms with Crippen LogP contribution in [0.15, 0.2) is 48.5 Å². The molecule has 2 aromatic carbocycles. The average Bonchev–Trinajstić information content (AvgIpc) is 2.59. The fourth-order valence-corrected chi connectivity index (χ4v) is 3.05. The Bertz CT molecular complexity index is 668. The molecule has 1 aliphatic heterocycles. The van der Waals surface area contributed by atoms with Crippen molar-refractivity contribution in [2.24, 2.45) is 0 Å². The van der Waals surface area contributed by atoms with Gasteiger partial charge in [0.05, 0.1) is 0 Å². The maximum Gasteiger partial charge on any atom is 0.167 e. The highest BCUT2D eigenvalue weighted by atomic mass is 16.1. The van der Waals surface area contributed by atoms with Gasteiger partial charge in [0.1, 0.15) is 0 Å². The van der Waals surface area contributed by atoms with Crippen LogP contribution < -0.4 is 0 Å². The summed E-state index contributed by atoms with van der Waals surface area (Å²) in [5.41, 5.74) is 4.38. The second-order valence-corrected chi connectivity index (χ2v) is 6.86. The molecule has 0 bridgehead atoms. The van der Waals surface area contributed by atoms with Gasteiger partial charge in [0, 0.05) is 44.7 Å². The number of carbonyl (C=O) groups excluding carboxylic acids is 1. The number of Topliss-reactive ketones (excluding diaryl/α,β-unsaturated/α-hetero) is 1. The van der Waals surface area contributed by atoms with E-state index in [9.17, 15) is 4.79 Å². The van der Waals surface area contributed by atoms with Crippen LogP contribution in [0.25, 0.3) is 0 Å². The fourth-order valence-electron chi connectivity index (χ4n) is 3.05. The molecule has 1 fully saturated rings. The van der Waals surface area contributed by atoms with Crippen molar-refractivity contribution in [1.82, 2.24) is 9.80 Å².